The summed E-state index contributed by atoms with van der Waals surface area (Å²) in [6, 6.07) is 10.4. The van der Waals surface area contributed by atoms with Gasteiger partial charge in [-0.15, -0.1) is 6.58 Å². The number of hydrogen-bond donors (Lipinski definition) is 1. The van der Waals surface area contributed by atoms with E-state index >= 15 is 0 Å². The van der Waals surface area contributed by atoms with E-state index in [1.54, 1.807) is 6.08 Å². The van der Waals surface area contributed by atoms with Gasteiger partial charge in [0.05, 0.1) is 12.2 Å². The Morgan fingerprint density at radius 1 is 0.846 bits per heavy atom. The van der Waals surface area contributed by atoms with Crippen molar-refractivity contribution in [3.63, 3.8) is 0 Å². The van der Waals surface area contributed by atoms with E-state index in [4.69, 9.17) is 4.74 Å². The van der Waals surface area contributed by atoms with Crippen LogP contribution in [-0.4, -0.2) is 17.3 Å². The fraction of sp³-hybridized carbons (Fsp3) is 0.667. The standard InChI is InChI=1S/C24H40O2/c1-3-24(2,25)20-16-11-9-7-5-4-6-8-10-12-17-21-26-22-23-18-14-13-15-19-23/h3,13-15,18-19,25H,1,4-12,16-17,20-22H2,2H3. The van der Waals surface area contributed by atoms with E-state index in [-0.39, 0.29) is 0 Å². The van der Waals surface area contributed by atoms with Crippen LogP contribution in [-0.2, 0) is 11.3 Å². The predicted octanol–water partition coefficient (Wildman–Crippen LogP) is 6.82. The third kappa shape index (κ3) is 13.1. The minimum absolute atomic E-state index is 0.674. The largest absolute Gasteiger partial charge is 0.386 e. The molecule has 0 radical (unpaired) electrons. The fourth-order valence-electron chi connectivity index (χ4n) is 3.14. The monoisotopic (exact) mass is 360 g/mol. The van der Waals surface area contributed by atoms with Crippen molar-refractivity contribution in [3.8, 4) is 0 Å². The van der Waals surface area contributed by atoms with E-state index in [1.165, 1.54) is 69.8 Å². The summed E-state index contributed by atoms with van der Waals surface area (Å²) in [6.07, 6.45) is 16.7. The topological polar surface area (TPSA) is 29.5 Å². The molecular weight excluding hydrogens is 320 g/mol. The van der Waals surface area contributed by atoms with E-state index in [9.17, 15) is 5.11 Å². The van der Waals surface area contributed by atoms with Gasteiger partial charge in [-0.25, -0.2) is 0 Å². The Kier molecular flexibility index (Phi) is 13.2. The van der Waals surface area contributed by atoms with Crippen molar-refractivity contribution >= 4 is 0 Å². The average molecular weight is 361 g/mol. The number of rotatable bonds is 17. The molecule has 1 N–H and O–H groups in total. The van der Waals surface area contributed by atoms with Crippen LogP contribution in [0, 0.1) is 0 Å². The van der Waals surface area contributed by atoms with Gasteiger partial charge in [-0.1, -0.05) is 101 Å². The molecular formula is C24H40O2. The van der Waals surface area contributed by atoms with Gasteiger partial charge >= 0.3 is 0 Å². The van der Waals surface area contributed by atoms with Crippen LogP contribution in [0.25, 0.3) is 0 Å². The molecule has 2 heteroatoms. The molecule has 1 rings (SSSR count). The molecule has 148 valence electrons. The smallest absolute Gasteiger partial charge is 0.0797 e. The van der Waals surface area contributed by atoms with Crippen LogP contribution in [0.2, 0.25) is 0 Å². The number of unbranched alkanes of at least 4 members (excludes halogenated alkanes) is 10. The van der Waals surface area contributed by atoms with Gasteiger partial charge in [-0.05, 0) is 25.3 Å². The lowest BCUT2D eigenvalue weighted by atomic mass is 9.97. The molecule has 2 nitrogen and oxygen atoms in total. The lowest BCUT2D eigenvalue weighted by molar-refractivity contribution is 0.0988. The summed E-state index contributed by atoms with van der Waals surface area (Å²) >= 11 is 0. The molecule has 0 heterocycles. The van der Waals surface area contributed by atoms with Crippen LogP contribution in [0.4, 0.5) is 0 Å². The molecule has 0 aliphatic heterocycles. The zero-order chi connectivity index (χ0) is 18.9. The van der Waals surface area contributed by atoms with Crippen LogP contribution >= 0.6 is 0 Å². The van der Waals surface area contributed by atoms with Crippen molar-refractivity contribution in [2.45, 2.75) is 96.2 Å². The minimum Gasteiger partial charge on any atom is -0.386 e. The molecule has 0 saturated heterocycles. The zero-order valence-electron chi connectivity index (χ0n) is 16.9. The van der Waals surface area contributed by atoms with E-state index in [2.05, 4.69) is 30.8 Å². The summed E-state index contributed by atoms with van der Waals surface area (Å²) < 4.78 is 5.72. The first-order valence-corrected chi connectivity index (χ1v) is 10.6. The molecule has 26 heavy (non-hydrogen) atoms. The van der Waals surface area contributed by atoms with Crippen LogP contribution in [0.3, 0.4) is 0 Å². The molecule has 0 bridgehead atoms. The highest BCUT2D eigenvalue weighted by atomic mass is 16.5. The first-order chi connectivity index (χ1) is 12.6. The number of ether oxygens (including phenoxy) is 1. The summed E-state index contributed by atoms with van der Waals surface area (Å²) in [6.45, 7) is 7.14. The summed E-state index contributed by atoms with van der Waals surface area (Å²) in [7, 11) is 0. The highest BCUT2D eigenvalue weighted by molar-refractivity contribution is 5.13. The normalized spacial score (nSPS) is 13.5. The van der Waals surface area contributed by atoms with E-state index < -0.39 is 5.60 Å². The summed E-state index contributed by atoms with van der Waals surface area (Å²) in [5, 5.41) is 9.84. The molecule has 1 unspecified atom stereocenters. The number of benzene rings is 1. The highest BCUT2D eigenvalue weighted by Gasteiger charge is 2.13. The molecule has 0 aliphatic carbocycles. The van der Waals surface area contributed by atoms with Crippen LogP contribution < -0.4 is 0 Å². The maximum Gasteiger partial charge on any atom is 0.0797 e. The van der Waals surface area contributed by atoms with Gasteiger partial charge in [-0.3, -0.25) is 0 Å². The van der Waals surface area contributed by atoms with Crippen LogP contribution in [0.1, 0.15) is 89.5 Å². The van der Waals surface area contributed by atoms with E-state index in [0.717, 1.165) is 26.1 Å². The van der Waals surface area contributed by atoms with Gasteiger partial charge < -0.3 is 9.84 Å². The second kappa shape index (κ2) is 15.0. The highest BCUT2D eigenvalue weighted by Crippen LogP contribution is 2.17. The lowest BCUT2D eigenvalue weighted by Gasteiger charge is -2.17. The van der Waals surface area contributed by atoms with Crippen molar-refractivity contribution in [2.75, 3.05) is 6.61 Å². The third-order valence-electron chi connectivity index (χ3n) is 5.02. The Bertz CT molecular complexity index is 439. The van der Waals surface area contributed by atoms with Crippen molar-refractivity contribution in [1.29, 1.82) is 0 Å². The van der Waals surface area contributed by atoms with Crippen molar-refractivity contribution < 1.29 is 9.84 Å². The first-order valence-electron chi connectivity index (χ1n) is 10.6. The molecule has 0 aliphatic rings. The first kappa shape index (κ1) is 22.9. The molecule has 1 aromatic carbocycles. The van der Waals surface area contributed by atoms with E-state index in [0.29, 0.717) is 0 Å². The number of hydrogen-bond acceptors (Lipinski definition) is 2. The van der Waals surface area contributed by atoms with E-state index in [1.807, 2.05) is 13.0 Å². The van der Waals surface area contributed by atoms with Crippen molar-refractivity contribution in [2.24, 2.45) is 0 Å². The molecule has 0 saturated carbocycles. The Morgan fingerprint density at radius 3 is 1.88 bits per heavy atom. The summed E-state index contributed by atoms with van der Waals surface area (Å²) in [5.41, 5.74) is 0.589. The summed E-state index contributed by atoms with van der Waals surface area (Å²) in [4.78, 5) is 0. The maximum absolute atomic E-state index is 9.84. The molecule has 0 spiro atoms. The number of aliphatic hydroxyl groups is 1. The van der Waals surface area contributed by atoms with Gasteiger partial charge in [0, 0.05) is 6.61 Å². The van der Waals surface area contributed by atoms with Gasteiger partial charge in [0.25, 0.3) is 0 Å². The molecule has 1 aromatic rings. The zero-order valence-corrected chi connectivity index (χ0v) is 16.9. The lowest BCUT2D eigenvalue weighted by Crippen LogP contribution is -2.19. The molecule has 1 atom stereocenters. The Hall–Kier alpha value is -1.12. The van der Waals surface area contributed by atoms with Crippen molar-refractivity contribution in [1.82, 2.24) is 0 Å². The second-order valence-electron chi connectivity index (χ2n) is 7.74. The van der Waals surface area contributed by atoms with Gasteiger partial charge in [0.1, 0.15) is 0 Å². The quantitative estimate of drug-likeness (QED) is 0.244. The van der Waals surface area contributed by atoms with Gasteiger partial charge in [0.2, 0.25) is 0 Å². The molecule has 0 aromatic heterocycles. The second-order valence-corrected chi connectivity index (χ2v) is 7.74. The van der Waals surface area contributed by atoms with Crippen LogP contribution in [0.15, 0.2) is 43.0 Å². The molecule has 0 fully saturated rings. The Labute approximate surface area is 161 Å². The maximum atomic E-state index is 9.84. The summed E-state index contributed by atoms with van der Waals surface area (Å²) in [5.74, 6) is 0. The minimum atomic E-state index is -0.674. The SMILES string of the molecule is C=CC(C)(O)CCCCCCCCCCCCCOCc1ccccc1. The fourth-order valence-corrected chi connectivity index (χ4v) is 3.14. The predicted molar refractivity (Wildman–Crippen MR) is 112 cm³/mol. The Morgan fingerprint density at radius 2 is 1.35 bits per heavy atom. The van der Waals surface area contributed by atoms with Crippen LogP contribution in [0.5, 0.6) is 0 Å². The Balaban J connectivity index is 1.75. The van der Waals surface area contributed by atoms with Crippen molar-refractivity contribution in [3.05, 3.63) is 48.6 Å². The average Bonchev–Trinajstić information content (AvgIpc) is 2.65. The molecule has 0 amide bonds. The van der Waals surface area contributed by atoms with Gasteiger partial charge in [-0.2, -0.15) is 0 Å². The van der Waals surface area contributed by atoms with Gasteiger partial charge in [0.15, 0.2) is 0 Å². The third-order valence-corrected chi connectivity index (χ3v) is 5.02.